The van der Waals surface area contributed by atoms with E-state index in [1.54, 1.807) is 59.5 Å². The number of carbonyl (C=O) groups is 2. The van der Waals surface area contributed by atoms with Gasteiger partial charge in [-0.15, -0.1) is 0 Å². The summed E-state index contributed by atoms with van der Waals surface area (Å²) >= 11 is 0. The Kier molecular flexibility index (Phi) is 6.20. The highest BCUT2D eigenvalue weighted by Gasteiger charge is 2.22. The second-order valence-corrected chi connectivity index (χ2v) is 6.92. The lowest BCUT2D eigenvalue weighted by atomic mass is 10.0. The monoisotopic (exact) mass is 408 g/mol. The van der Waals surface area contributed by atoms with Gasteiger partial charge in [0.05, 0.1) is 31.0 Å². The van der Waals surface area contributed by atoms with Crippen LogP contribution in [-0.2, 0) is 9.53 Å². The van der Waals surface area contributed by atoms with E-state index in [-0.39, 0.29) is 5.91 Å². The lowest BCUT2D eigenvalue weighted by molar-refractivity contribution is -0.137. The van der Waals surface area contributed by atoms with Gasteiger partial charge in [0.15, 0.2) is 17.6 Å². The van der Waals surface area contributed by atoms with Gasteiger partial charge in [0.2, 0.25) is 0 Å². The third kappa shape index (κ3) is 4.20. The van der Waals surface area contributed by atoms with Crippen molar-refractivity contribution in [1.29, 1.82) is 0 Å². The highest BCUT2D eigenvalue weighted by molar-refractivity contribution is 6.05. The molecule has 1 atom stereocenters. The fourth-order valence-electron chi connectivity index (χ4n) is 3.13. The fourth-order valence-corrected chi connectivity index (χ4v) is 3.13. The topological polar surface area (TPSA) is 78.0 Å². The number of rotatable bonds is 6. The molecular formula is C23H24N2O5. The Bertz CT molecular complexity index is 1090. The van der Waals surface area contributed by atoms with Gasteiger partial charge in [-0.1, -0.05) is 18.2 Å². The zero-order chi connectivity index (χ0) is 21.8. The molecule has 0 bridgehead atoms. The minimum atomic E-state index is -0.899. The van der Waals surface area contributed by atoms with Crippen molar-refractivity contribution in [3.8, 4) is 22.8 Å². The normalized spacial score (nSPS) is 11.6. The summed E-state index contributed by atoms with van der Waals surface area (Å²) in [6.07, 6.45) is -0.899. The van der Waals surface area contributed by atoms with Crippen molar-refractivity contribution in [1.82, 2.24) is 9.88 Å². The standard InChI is InChI=1S/C23H24N2O5/c1-14(22(26)25(2)3)30-23(27)17-13-19(24-18-9-7-6-8-16(17)18)15-10-11-20(28-4)21(12-15)29-5/h6-14H,1-5H3/t14-/m1/s1. The lowest BCUT2D eigenvalue weighted by Gasteiger charge is -2.18. The first kappa shape index (κ1) is 21.1. The van der Waals surface area contributed by atoms with Crippen LogP contribution in [0, 0.1) is 0 Å². The van der Waals surface area contributed by atoms with Gasteiger partial charge in [0.1, 0.15) is 0 Å². The number of pyridine rings is 1. The van der Waals surface area contributed by atoms with Crippen LogP contribution in [0.2, 0.25) is 0 Å². The van der Waals surface area contributed by atoms with Gasteiger partial charge < -0.3 is 19.1 Å². The predicted molar refractivity (Wildman–Crippen MR) is 114 cm³/mol. The maximum Gasteiger partial charge on any atom is 0.339 e. The van der Waals surface area contributed by atoms with Crippen LogP contribution in [0.15, 0.2) is 48.5 Å². The molecule has 0 fully saturated rings. The molecule has 156 valence electrons. The van der Waals surface area contributed by atoms with Crippen molar-refractivity contribution in [3.63, 3.8) is 0 Å². The van der Waals surface area contributed by atoms with Gasteiger partial charge in [-0.05, 0) is 37.3 Å². The minimum absolute atomic E-state index is 0.290. The van der Waals surface area contributed by atoms with Crippen molar-refractivity contribution >= 4 is 22.8 Å². The van der Waals surface area contributed by atoms with Crippen molar-refractivity contribution in [2.24, 2.45) is 0 Å². The molecule has 0 aliphatic rings. The first-order valence-electron chi connectivity index (χ1n) is 9.40. The number of fused-ring (bicyclic) bond motifs is 1. The Hall–Kier alpha value is -3.61. The SMILES string of the molecule is COc1ccc(-c2cc(C(=O)O[C@H](C)C(=O)N(C)C)c3ccccc3n2)cc1OC. The maximum absolute atomic E-state index is 12.9. The van der Waals surface area contributed by atoms with E-state index in [1.165, 1.54) is 4.90 Å². The summed E-state index contributed by atoms with van der Waals surface area (Å²) in [5.41, 5.74) is 2.31. The van der Waals surface area contributed by atoms with Crippen LogP contribution in [-0.4, -0.2) is 56.2 Å². The molecule has 30 heavy (non-hydrogen) atoms. The molecule has 0 N–H and O–H groups in total. The van der Waals surface area contributed by atoms with E-state index in [0.29, 0.717) is 33.7 Å². The number of ether oxygens (including phenoxy) is 3. The molecule has 2 aromatic carbocycles. The van der Waals surface area contributed by atoms with Gasteiger partial charge in [0, 0.05) is 25.0 Å². The summed E-state index contributed by atoms with van der Waals surface area (Å²) < 4.78 is 16.1. The summed E-state index contributed by atoms with van der Waals surface area (Å²) in [4.78, 5) is 31.1. The largest absolute Gasteiger partial charge is 0.493 e. The Morgan fingerprint density at radius 2 is 1.67 bits per heavy atom. The second kappa shape index (κ2) is 8.82. The van der Waals surface area contributed by atoms with E-state index in [0.717, 1.165) is 5.56 Å². The molecule has 1 aromatic heterocycles. The van der Waals surface area contributed by atoms with Crippen molar-refractivity contribution in [2.75, 3.05) is 28.3 Å². The molecule has 3 rings (SSSR count). The summed E-state index contributed by atoms with van der Waals surface area (Å²) in [7, 11) is 6.35. The van der Waals surface area contributed by atoms with Crippen LogP contribution in [0.5, 0.6) is 11.5 Å². The summed E-state index contributed by atoms with van der Waals surface area (Å²) in [5, 5.41) is 0.649. The molecule has 7 nitrogen and oxygen atoms in total. The van der Waals surface area contributed by atoms with Crippen LogP contribution in [0.4, 0.5) is 0 Å². The van der Waals surface area contributed by atoms with E-state index in [9.17, 15) is 9.59 Å². The van der Waals surface area contributed by atoms with E-state index >= 15 is 0 Å². The smallest absolute Gasteiger partial charge is 0.339 e. The van der Waals surface area contributed by atoms with E-state index < -0.39 is 12.1 Å². The molecule has 0 spiro atoms. The van der Waals surface area contributed by atoms with Gasteiger partial charge >= 0.3 is 5.97 Å². The molecule has 0 saturated carbocycles. The van der Waals surface area contributed by atoms with Crippen LogP contribution in [0.3, 0.4) is 0 Å². The third-order valence-electron chi connectivity index (χ3n) is 4.69. The molecule has 1 heterocycles. The van der Waals surface area contributed by atoms with Crippen molar-refractivity contribution in [2.45, 2.75) is 13.0 Å². The first-order chi connectivity index (χ1) is 14.3. The first-order valence-corrected chi connectivity index (χ1v) is 9.40. The van der Waals surface area contributed by atoms with E-state index in [2.05, 4.69) is 4.98 Å². The van der Waals surface area contributed by atoms with Crippen LogP contribution in [0.1, 0.15) is 17.3 Å². The Balaban J connectivity index is 2.07. The number of amides is 1. The van der Waals surface area contributed by atoms with E-state index in [4.69, 9.17) is 14.2 Å². The van der Waals surface area contributed by atoms with E-state index in [1.807, 2.05) is 24.3 Å². The van der Waals surface area contributed by atoms with Crippen LogP contribution in [0.25, 0.3) is 22.2 Å². The van der Waals surface area contributed by atoms with Gasteiger partial charge in [-0.25, -0.2) is 9.78 Å². The number of carbonyl (C=O) groups excluding carboxylic acids is 2. The Morgan fingerprint density at radius 3 is 2.33 bits per heavy atom. The van der Waals surface area contributed by atoms with Crippen LogP contribution >= 0.6 is 0 Å². The molecule has 7 heteroatoms. The zero-order valence-electron chi connectivity index (χ0n) is 17.6. The fraction of sp³-hybridized carbons (Fsp3) is 0.261. The zero-order valence-corrected chi connectivity index (χ0v) is 17.6. The number of esters is 1. The molecule has 0 radical (unpaired) electrons. The van der Waals surface area contributed by atoms with Gasteiger partial charge in [-0.2, -0.15) is 0 Å². The average Bonchev–Trinajstić information content (AvgIpc) is 2.76. The molecule has 0 unspecified atom stereocenters. The maximum atomic E-state index is 12.9. The summed E-state index contributed by atoms with van der Waals surface area (Å²) in [6, 6.07) is 14.4. The molecule has 0 aliphatic heterocycles. The summed E-state index contributed by atoms with van der Waals surface area (Å²) in [6.45, 7) is 1.55. The molecule has 3 aromatic rings. The lowest BCUT2D eigenvalue weighted by Crippen LogP contribution is -2.34. The average molecular weight is 408 g/mol. The van der Waals surface area contributed by atoms with Gasteiger partial charge in [-0.3, -0.25) is 4.79 Å². The number of hydrogen-bond acceptors (Lipinski definition) is 6. The third-order valence-corrected chi connectivity index (χ3v) is 4.69. The molecule has 0 aliphatic carbocycles. The quantitative estimate of drug-likeness (QED) is 0.581. The number of para-hydroxylation sites is 1. The summed E-state index contributed by atoms with van der Waals surface area (Å²) in [5.74, 6) is 0.275. The van der Waals surface area contributed by atoms with Crippen molar-refractivity contribution in [3.05, 3.63) is 54.1 Å². The molecular weight excluding hydrogens is 384 g/mol. The number of hydrogen-bond donors (Lipinski definition) is 0. The minimum Gasteiger partial charge on any atom is -0.493 e. The Labute approximate surface area is 175 Å². The number of nitrogens with zero attached hydrogens (tertiary/aromatic N) is 2. The second-order valence-electron chi connectivity index (χ2n) is 6.92. The molecule has 1 amide bonds. The molecule has 0 saturated heterocycles. The van der Waals surface area contributed by atoms with Gasteiger partial charge in [0.25, 0.3) is 5.91 Å². The highest BCUT2D eigenvalue weighted by Crippen LogP contribution is 2.33. The number of aromatic nitrogens is 1. The van der Waals surface area contributed by atoms with Crippen LogP contribution < -0.4 is 9.47 Å². The highest BCUT2D eigenvalue weighted by atomic mass is 16.5. The number of likely N-dealkylation sites (N-methyl/N-ethyl adjacent to an activating group) is 1. The Morgan fingerprint density at radius 1 is 0.967 bits per heavy atom. The number of methoxy groups -OCH3 is 2. The van der Waals surface area contributed by atoms with Crippen molar-refractivity contribution < 1.29 is 23.8 Å². The predicted octanol–water partition coefficient (Wildman–Crippen LogP) is 3.55. The number of benzene rings is 2.